The fraction of sp³-hybridized carbons (Fsp3) is 0.421. The van der Waals surface area contributed by atoms with Crippen LogP contribution in [0.2, 0.25) is 0 Å². The van der Waals surface area contributed by atoms with E-state index >= 15 is 0 Å². The van der Waals surface area contributed by atoms with Gasteiger partial charge in [-0.05, 0) is 45.9 Å². The van der Waals surface area contributed by atoms with Gasteiger partial charge in [-0.1, -0.05) is 15.9 Å². The zero-order valence-electron chi connectivity index (χ0n) is 15.5. The predicted molar refractivity (Wildman–Crippen MR) is 106 cm³/mol. The summed E-state index contributed by atoms with van der Waals surface area (Å²) < 4.78 is 6.24. The molecule has 0 unspecified atom stereocenters. The number of ether oxygens (including phenoxy) is 1. The van der Waals surface area contributed by atoms with Crippen molar-refractivity contribution < 1.29 is 14.3 Å². The van der Waals surface area contributed by atoms with Crippen molar-refractivity contribution in [3.63, 3.8) is 0 Å². The molecule has 0 bridgehead atoms. The van der Waals surface area contributed by atoms with Crippen molar-refractivity contribution in [3.05, 3.63) is 34.4 Å². The van der Waals surface area contributed by atoms with E-state index in [1.807, 2.05) is 18.2 Å². The predicted octanol–water partition coefficient (Wildman–Crippen LogP) is 3.95. The second-order valence-corrected chi connectivity index (χ2v) is 7.98. The van der Waals surface area contributed by atoms with Crippen LogP contribution in [0.15, 0.2) is 28.9 Å². The molecule has 1 aromatic heterocycles. The summed E-state index contributed by atoms with van der Waals surface area (Å²) >= 11 is 3.40. The Kier molecular flexibility index (Phi) is 6.23. The molecular weight excluding hydrogens is 398 g/mol. The number of carbonyl (C=O) groups excluding carboxylic acids is 2. The number of nitrogen functional groups attached to an aromatic ring is 1. The van der Waals surface area contributed by atoms with Crippen LogP contribution in [0.4, 0.5) is 10.5 Å². The number of amides is 1. The average Bonchev–Trinajstić information content (AvgIpc) is 2.53. The molecule has 1 heterocycles. The van der Waals surface area contributed by atoms with Gasteiger partial charge >= 0.3 is 6.09 Å². The van der Waals surface area contributed by atoms with Gasteiger partial charge in [0.1, 0.15) is 5.60 Å². The molecule has 2 rings (SSSR count). The van der Waals surface area contributed by atoms with Crippen LogP contribution in [0, 0.1) is 0 Å². The van der Waals surface area contributed by atoms with Gasteiger partial charge in [0.25, 0.3) is 0 Å². The molecule has 1 aromatic carbocycles. The third-order valence-corrected chi connectivity index (χ3v) is 4.24. The smallest absolute Gasteiger partial charge is 0.410 e. The molecule has 2 aromatic rings. The Hall–Kier alpha value is -2.15. The highest BCUT2D eigenvalue weighted by atomic mass is 79.9. The highest BCUT2D eigenvalue weighted by Gasteiger charge is 2.23. The maximum Gasteiger partial charge on any atom is 0.410 e. The lowest BCUT2D eigenvalue weighted by atomic mass is 10.1. The highest BCUT2D eigenvalue weighted by molar-refractivity contribution is 9.10. The number of rotatable bonds is 5. The summed E-state index contributed by atoms with van der Waals surface area (Å²) in [5.41, 5.74) is 7.57. The minimum atomic E-state index is -0.603. The number of benzene rings is 1. The molecular formula is C19H24BrN3O3. The quantitative estimate of drug-likeness (QED) is 0.789. The lowest BCUT2D eigenvalue weighted by Crippen LogP contribution is -2.40. The molecule has 7 heteroatoms. The second-order valence-electron chi connectivity index (χ2n) is 7.07. The van der Waals surface area contributed by atoms with Crippen LogP contribution in [0.1, 0.15) is 33.3 Å². The summed E-state index contributed by atoms with van der Waals surface area (Å²) in [5.74, 6) is -0.123. The zero-order valence-corrected chi connectivity index (χ0v) is 17.1. The van der Waals surface area contributed by atoms with Crippen molar-refractivity contribution in [2.75, 3.05) is 18.8 Å². The molecule has 26 heavy (non-hydrogen) atoms. The first-order chi connectivity index (χ1) is 12.1. The molecule has 0 atom stereocenters. The van der Waals surface area contributed by atoms with Crippen LogP contribution >= 0.6 is 15.9 Å². The topological polar surface area (TPSA) is 85.5 Å². The Balaban J connectivity index is 2.11. The van der Waals surface area contributed by atoms with E-state index in [1.54, 1.807) is 33.9 Å². The fourth-order valence-electron chi connectivity index (χ4n) is 2.48. The van der Waals surface area contributed by atoms with Crippen molar-refractivity contribution in [1.29, 1.82) is 0 Å². The molecule has 140 valence electrons. The molecule has 0 spiro atoms. The fourth-order valence-corrected chi connectivity index (χ4v) is 2.83. The number of aromatic nitrogens is 1. The van der Waals surface area contributed by atoms with Gasteiger partial charge in [0.2, 0.25) is 0 Å². The van der Waals surface area contributed by atoms with Crippen LogP contribution in [0.3, 0.4) is 0 Å². The Morgan fingerprint density at radius 2 is 2.00 bits per heavy atom. The van der Waals surface area contributed by atoms with Gasteiger partial charge in [-0.15, -0.1) is 0 Å². The minimum Gasteiger partial charge on any atom is -0.444 e. The number of nitrogens with zero attached hydrogens (tertiary/aromatic N) is 2. The molecule has 0 aliphatic heterocycles. The summed E-state index contributed by atoms with van der Waals surface area (Å²) in [6.07, 6.45) is 1.23. The maximum absolute atomic E-state index is 12.5. The van der Waals surface area contributed by atoms with Crippen molar-refractivity contribution in [2.24, 2.45) is 0 Å². The molecule has 0 aliphatic carbocycles. The van der Waals surface area contributed by atoms with E-state index in [1.165, 1.54) is 4.90 Å². The second kappa shape index (κ2) is 8.03. The Labute approximate surface area is 161 Å². The number of pyridine rings is 1. The van der Waals surface area contributed by atoms with E-state index < -0.39 is 11.7 Å². The molecule has 2 N–H and O–H groups in total. The summed E-state index contributed by atoms with van der Waals surface area (Å²) in [6.45, 7) is 7.55. The number of hydrogen-bond acceptors (Lipinski definition) is 5. The first kappa shape index (κ1) is 20.2. The summed E-state index contributed by atoms with van der Waals surface area (Å²) in [5, 5.41) is 0.804. The Bertz CT molecular complexity index is 831. The number of hydrogen-bond donors (Lipinski definition) is 1. The first-order valence-corrected chi connectivity index (χ1v) is 9.22. The number of likely N-dealkylation sites (N-methyl/N-ethyl adjacent to an activating group) is 1. The number of nitrogens with two attached hydrogens (primary N) is 1. The minimum absolute atomic E-state index is 0.0246. The Morgan fingerprint density at radius 3 is 2.62 bits per heavy atom. The van der Waals surface area contributed by atoms with Gasteiger partial charge < -0.3 is 15.4 Å². The normalized spacial score (nSPS) is 11.4. The molecule has 0 fully saturated rings. The van der Waals surface area contributed by atoms with E-state index in [0.29, 0.717) is 17.8 Å². The third kappa shape index (κ3) is 5.17. The monoisotopic (exact) mass is 421 g/mol. The first-order valence-electron chi connectivity index (χ1n) is 8.43. The molecule has 0 saturated heterocycles. The van der Waals surface area contributed by atoms with Crippen LogP contribution in [0.5, 0.6) is 0 Å². The number of halogens is 1. The Morgan fingerprint density at radius 1 is 1.31 bits per heavy atom. The number of Topliss-reactive ketones (excluding diaryl/α,β-unsaturated/α-hetero) is 1. The van der Waals surface area contributed by atoms with Crippen LogP contribution in [-0.2, 0) is 16.0 Å². The van der Waals surface area contributed by atoms with E-state index in [2.05, 4.69) is 20.9 Å². The summed E-state index contributed by atoms with van der Waals surface area (Å²) in [7, 11) is 0. The number of anilines is 1. The van der Waals surface area contributed by atoms with E-state index in [-0.39, 0.29) is 18.7 Å². The van der Waals surface area contributed by atoms with Crippen LogP contribution in [0.25, 0.3) is 10.9 Å². The van der Waals surface area contributed by atoms with Crippen molar-refractivity contribution in [3.8, 4) is 0 Å². The molecule has 0 aliphatic rings. The van der Waals surface area contributed by atoms with Gasteiger partial charge in [-0.2, -0.15) is 0 Å². The van der Waals surface area contributed by atoms with E-state index in [4.69, 9.17) is 10.5 Å². The molecule has 0 radical (unpaired) electrons. The van der Waals surface area contributed by atoms with Crippen LogP contribution in [-0.4, -0.2) is 40.5 Å². The third-order valence-electron chi connectivity index (χ3n) is 3.74. The van der Waals surface area contributed by atoms with Gasteiger partial charge in [0.05, 0.1) is 12.1 Å². The van der Waals surface area contributed by atoms with Gasteiger partial charge in [0.15, 0.2) is 5.78 Å². The van der Waals surface area contributed by atoms with Crippen LogP contribution < -0.4 is 5.73 Å². The number of fused-ring (bicyclic) bond motifs is 1. The largest absolute Gasteiger partial charge is 0.444 e. The van der Waals surface area contributed by atoms with Crippen molar-refractivity contribution in [1.82, 2.24) is 9.88 Å². The SMILES string of the molecule is CCN(CC(=O)Cc1cnc2cc(Br)ccc2c1N)C(=O)OC(C)(C)C. The van der Waals surface area contributed by atoms with Gasteiger partial charge in [0, 0.05) is 40.3 Å². The summed E-state index contributed by atoms with van der Waals surface area (Å²) in [4.78, 5) is 30.4. The summed E-state index contributed by atoms with van der Waals surface area (Å²) in [6, 6.07) is 5.63. The average molecular weight is 422 g/mol. The van der Waals surface area contributed by atoms with E-state index in [9.17, 15) is 9.59 Å². The molecule has 1 amide bonds. The number of carbonyl (C=O) groups is 2. The lowest BCUT2D eigenvalue weighted by Gasteiger charge is -2.26. The molecule has 6 nitrogen and oxygen atoms in total. The van der Waals surface area contributed by atoms with Gasteiger partial charge in [-0.25, -0.2) is 4.79 Å². The van der Waals surface area contributed by atoms with Gasteiger partial charge in [-0.3, -0.25) is 9.78 Å². The van der Waals surface area contributed by atoms with E-state index in [0.717, 1.165) is 15.4 Å². The van der Waals surface area contributed by atoms with Crippen molar-refractivity contribution in [2.45, 2.75) is 39.7 Å². The molecule has 0 saturated carbocycles. The lowest BCUT2D eigenvalue weighted by molar-refractivity contribution is -0.119. The highest BCUT2D eigenvalue weighted by Crippen LogP contribution is 2.26. The maximum atomic E-state index is 12.5. The van der Waals surface area contributed by atoms with Crippen molar-refractivity contribution >= 4 is 44.4 Å². The standard InChI is InChI=1S/C19H24BrN3O3/c1-5-23(18(25)26-19(2,3)4)11-14(24)8-12-10-22-16-9-13(20)6-7-15(16)17(12)21/h6-7,9-10H,5,8,11H2,1-4H3,(H2,21,22). The zero-order chi connectivity index (χ0) is 19.5. The number of ketones is 1.